The van der Waals surface area contributed by atoms with Crippen molar-refractivity contribution < 1.29 is 80.9 Å². The minimum Gasteiger partial charge on any atom is -0.463 e. The average molecular weight is 1060 g/mol. The molecule has 0 spiro atoms. The van der Waals surface area contributed by atoms with E-state index in [-0.39, 0.29) is 9.60 Å². The molecule has 0 bridgehead atoms. The van der Waals surface area contributed by atoms with Crippen molar-refractivity contribution in [1.29, 1.82) is 0 Å². The van der Waals surface area contributed by atoms with Crippen LogP contribution in [0.3, 0.4) is 0 Å². The number of hydrogen-bond donors (Lipinski definition) is 0. The quantitative estimate of drug-likeness (QED) is 0.0793. The lowest BCUT2D eigenvalue weighted by Gasteiger charge is -2.48. The Morgan fingerprint density at radius 3 is 1.67 bits per heavy atom. The van der Waals surface area contributed by atoms with E-state index < -0.39 is 116 Å². The number of nitrogens with zero attached hydrogens (tertiary/aromatic N) is 4. The third kappa shape index (κ3) is 15.5. The van der Waals surface area contributed by atoms with Crippen LogP contribution in [0.15, 0.2) is 100 Å². The van der Waals surface area contributed by atoms with Crippen molar-refractivity contribution in [2.75, 3.05) is 13.2 Å². The Labute approximate surface area is 425 Å². The maximum absolute atomic E-state index is 13.2. The van der Waals surface area contributed by atoms with E-state index in [1.165, 1.54) is 11.8 Å². The molecule has 0 unspecified atom stereocenters. The fourth-order valence-corrected chi connectivity index (χ4v) is 9.53. The number of carbonyl (C=O) groups is 7. The average Bonchev–Trinajstić information content (AvgIpc) is 3.31. The van der Waals surface area contributed by atoms with Gasteiger partial charge in [-0.1, -0.05) is 83.2 Å². The van der Waals surface area contributed by atoms with Crippen LogP contribution in [0.25, 0.3) is 5.69 Å². The molecule has 72 heavy (non-hydrogen) atoms. The third-order valence-electron chi connectivity index (χ3n) is 10.2. The highest BCUT2D eigenvalue weighted by molar-refractivity contribution is 7.98. The van der Waals surface area contributed by atoms with Crippen LogP contribution in [-0.2, 0) is 86.7 Å². The van der Waals surface area contributed by atoms with E-state index >= 15 is 0 Å². The molecule has 10 atom stereocenters. The van der Waals surface area contributed by atoms with Crippen LogP contribution in [0, 0.1) is 0 Å². The number of aromatic nitrogens is 2. The molecule has 2 aliphatic rings. The zero-order valence-corrected chi connectivity index (χ0v) is 42.3. The van der Waals surface area contributed by atoms with Crippen molar-refractivity contribution in [3.05, 3.63) is 105 Å². The second kappa shape index (κ2) is 25.7. The lowest BCUT2D eigenvalue weighted by Crippen LogP contribution is -2.67. The van der Waals surface area contributed by atoms with Crippen molar-refractivity contribution >= 4 is 82.2 Å². The first kappa shape index (κ1) is 54.8. The summed E-state index contributed by atoms with van der Waals surface area (Å²) in [5.41, 5.74) is 2.09. The smallest absolute Gasteiger partial charge is 0.303 e. The number of benzene rings is 3. The van der Waals surface area contributed by atoms with Crippen molar-refractivity contribution in [3.8, 4) is 5.69 Å². The molecule has 384 valence electrons. The van der Waals surface area contributed by atoms with E-state index in [2.05, 4.69) is 0 Å². The molecule has 2 fully saturated rings. The number of hydrogen-bond acceptors (Lipinski definition) is 22. The fourth-order valence-electron chi connectivity index (χ4n) is 7.44. The van der Waals surface area contributed by atoms with Gasteiger partial charge in [-0.3, -0.25) is 38.1 Å². The van der Waals surface area contributed by atoms with Gasteiger partial charge in [0, 0.05) is 59.2 Å². The summed E-state index contributed by atoms with van der Waals surface area (Å²) in [6, 6.07) is 25.5. The van der Waals surface area contributed by atoms with E-state index in [1.807, 2.05) is 48.5 Å². The molecule has 6 rings (SSSR count). The Kier molecular flexibility index (Phi) is 19.6. The van der Waals surface area contributed by atoms with Gasteiger partial charge in [0.15, 0.2) is 53.0 Å². The minimum absolute atomic E-state index is 0.173. The Morgan fingerprint density at radius 2 is 1.11 bits per heavy atom. The summed E-state index contributed by atoms with van der Waals surface area (Å²) in [4.78, 5) is 104. The summed E-state index contributed by atoms with van der Waals surface area (Å²) in [5, 5.41) is 0.848. The molecule has 1 aromatic heterocycles. The summed E-state index contributed by atoms with van der Waals surface area (Å²) in [7, 11) is 0. The monoisotopic (exact) mass is 1050 g/mol. The maximum Gasteiger partial charge on any atom is 0.303 e. The zero-order chi connectivity index (χ0) is 52.1. The predicted octanol–water partition coefficient (Wildman–Crippen LogP) is 4.63. The number of thioether (sulfide) groups is 1. The predicted molar refractivity (Wildman–Crippen MR) is 253 cm³/mol. The van der Waals surface area contributed by atoms with Crippen molar-refractivity contribution in [1.82, 2.24) is 9.55 Å². The van der Waals surface area contributed by atoms with Gasteiger partial charge in [-0.05, 0) is 42.0 Å². The molecule has 0 amide bonds. The van der Waals surface area contributed by atoms with E-state index in [4.69, 9.17) is 73.9 Å². The van der Waals surface area contributed by atoms with Gasteiger partial charge in [-0.25, -0.2) is 9.98 Å². The second-order valence-electron chi connectivity index (χ2n) is 15.9. The van der Waals surface area contributed by atoms with Gasteiger partial charge in [-0.2, -0.15) is 4.98 Å². The van der Waals surface area contributed by atoms with Gasteiger partial charge in [0.05, 0.1) is 11.4 Å². The Balaban J connectivity index is 1.57. The van der Waals surface area contributed by atoms with Gasteiger partial charge in [0.1, 0.15) is 31.5 Å². The Morgan fingerprint density at radius 1 is 0.611 bits per heavy atom. The number of para-hydroxylation sites is 1. The summed E-state index contributed by atoms with van der Waals surface area (Å²) < 4.78 is 60.4. The van der Waals surface area contributed by atoms with Crippen molar-refractivity contribution in [3.63, 3.8) is 0 Å². The number of rotatable bonds is 17. The standard InChI is InChI=1S/C48H51ClN4O17S2/c1-25(54)61-22-36-39(70-45-43(67-31(7)60)41(65-29(5)58)38(63-27(3)56)37(69-45)23-62-26(2)55)40(64-28(4)57)42(66-30(6)59)44(68-36)51-48-53(35-20-18-33(49)19-21-35)47(71-24-32-14-10-8-11-15-32)52-46(72-48)50-34-16-12-9-13-17-34/h8-21,36-45H,22-24H2,1-7H3/b50-46?,51-48-/t36-,37-,38+,39-,40+,41+,42-,43-,44-,45+/m1/s1. The SMILES string of the molecule is CC(=O)OC[C@H]1O[C@@H](O[C@H]2[C@H](OC(C)=O)[C@@H](OC(C)=O)[C@H](/N=c3\sc(=Nc4ccccc4)nc(SCc4ccccc4)n3-c3ccc(Cl)cc3)O[C@@H]2COC(C)=O)[C@H](OC(C)=O)[C@@H](OC(C)=O)[C@H]1OC(C)=O. The first-order chi connectivity index (χ1) is 34.3. The normalized spacial score (nSPS) is 24.3. The van der Waals surface area contributed by atoms with E-state index in [0.717, 1.165) is 65.4 Å². The molecule has 3 heterocycles. The molecular formula is C48H51ClN4O17S2. The molecule has 3 aromatic carbocycles. The van der Waals surface area contributed by atoms with Gasteiger partial charge < -0.3 is 47.4 Å². The molecule has 0 radical (unpaired) electrons. The van der Waals surface area contributed by atoms with Gasteiger partial charge in [0.2, 0.25) is 4.80 Å². The topological polar surface area (TPSA) is 254 Å². The lowest BCUT2D eigenvalue weighted by atomic mass is 9.95. The minimum atomic E-state index is -1.87. The molecule has 2 saturated heterocycles. The second-order valence-corrected chi connectivity index (χ2v) is 18.2. The highest BCUT2D eigenvalue weighted by Gasteiger charge is 2.57. The van der Waals surface area contributed by atoms with Crippen LogP contribution < -0.4 is 9.60 Å². The van der Waals surface area contributed by atoms with Crippen molar-refractivity contribution in [2.45, 2.75) is 121 Å². The third-order valence-corrected chi connectivity index (χ3v) is 12.3. The van der Waals surface area contributed by atoms with E-state index in [0.29, 0.717) is 27.3 Å². The van der Waals surface area contributed by atoms with Crippen LogP contribution in [0.1, 0.15) is 54.0 Å². The highest BCUT2D eigenvalue weighted by atomic mass is 35.5. The summed E-state index contributed by atoms with van der Waals surface area (Å²) >= 11 is 8.77. The largest absolute Gasteiger partial charge is 0.463 e. The Bertz CT molecular complexity index is 2730. The van der Waals surface area contributed by atoms with E-state index in [9.17, 15) is 33.6 Å². The van der Waals surface area contributed by atoms with E-state index in [1.54, 1.807) is 41.0 Å². The number of esters is 7. The molecule has 24 heteroatoms. The summed E-state index contributed by atoms with van der Waals surface area (Å²) in [6.07, 6.45) is -16.5. The highest BCUT2D eigenvalue weighted by Crippen LogP contribution is 2.36. The molecular weight excluding hydrogens is 1000 g/mol. The zero-order valence-electron chi connectivity index (χ0n) is 39.9. The maximum atomic E-state index is 13.2. The summed E-state index contributed by atoms with van der Waals surface area (Å²) in [5.74, 6) is -5.61. The summed E-state index contributed by atoms with van der Waals surface area (Å²) in [6.45, 7) is 6.32. The molecule has 4 aromatic rings. The molecule has 21 nitrogen and oxygen atoms in total. The first-order valence-electron chi connectivity index (χ1n) is 22.1. The van der Waals surface area contributed by atoms with Gasteiger partial charge >= 0.3 is 41.8 Å². The Hall–Kier alpha value is -6.50. The number of ether oxygens (including phenoxy) is 10. The number of halogens is 1. The van der Waals surface area contributed by atoms with Gasteiger partial charge in [0.25, 0.3) is 0 Å². The van der Waals surface area contributed by atoms with Crippen LogP contribution in [0.5, 0.6) is 0 Å². The fraction of sp³-hybridized carbons (Fsp3) is 0.417. The molecule has 0 aliphatic carbocycles. The van der Waals surface area contributed by atoms with Gasteiger partial charge in [-0.15, -0.1) is 0 Å². The van der Waals surface area contributed by atoms with Crippen LogP contribution >= 0.6 is 34.7 Å². The number of carbonyl (C=O) groups excluding carboxylic acids is 7. The van der Waals surface area contributed by atoms with Crippen molar-refractivity contribution in [2.24, 2.45) is 9.98 Å². The molecule has 0 saturated carbocycles. The van der Waals surface area contributed by atoms with Crippen LogP contribution in [0.2, 0.25) is 5.02 Å². The molecule has 0 N–H and O–H groups in total. The van der Waals surface area contributed by atoms with Crippen LogP contribution in [-0.4, -0.2) is 126 Å². The van der Waals surface area contributed by atoms with Crippen LogP contribution in [0.4, 0.5) is 5.69 Å². The molecule has 2 aliphatic heterocycles. The lowest BCUT2D eigenvalue weighted by molar-refractivity contribution is -0.344. The first-order valence-corrected chi connectivity index (χ1v) is 24.3.